The Kier molecular flexibility index (Phi) is 3.37. The minimum atomic E-state index is -0.195. The average molecular weight is 177 g/mol. The number of hydrogen-bond donors (Lipinski definition) is 2. The van der Waals surface area contributed by atoms with Gasteiger partial charge in [0.1, 0.15) is 12.1 Å². The van der Waals surface area contributed by atoms with E-state index in [9.17, 15) is 5.11 Å². The highest BCUT2D eigenvalue weighted by Crippen LogP contribution is 2.12. The normalized spacial score (nSPS) is 31.8. The number of piperidine rings is 1. The first kappa shape index (κ1) is 9.04. The van der Waals surface area contributed by atoms with Crippen LogP contribution in [0.4, 0.5) is 0 Å². The van der Waals surface area contributed by atoms with Crippen LogP contribution in [0.15, 0.2) is 11.6 Å². The Balaban J connectivity index is 2.35. The Bertz CT molecular complexity index is 149. The van der Waals surface area contributed by atoms with Crippen molar-refractivity contribution in [1.82, 2.24) is 0 Å². The first-order valence-electron chi connectivity index (χ1n) is 4.05. The van der Waals surface area contributed by atoms with Gasteiger partial charge in [-0.05, 0) is 12.8 Å². The van der Waals surface area contributed by atoms with Crippen molar-refractivity contribution in [3.05, 3.63) is 11.6 Å². The van der Waals surface area contributed by atoms with Crippen LogP contribution in [-0.2, 0) is 0 Å². The molecule has 0 saturated carbocycles. The number of aliphatic hydroxyl groups excluding tert-OH is 1. The molecule has 0 amide bonds. The second kappa shape index (κ2) is 4.10. The third kappa shape index (κ3) is 2.81. The Morgan fingerprint density at radius 3 is 3.00 bits per heavy atom. The van der Waals surface area contributed by atoms with Crippen molar-refractivity contribution < 1.29 is 10.4 Å². The van der Waals surface area contributed by atoms with E-state index in [1.807, 2.05) is 0 Å². The number of hydrogen-bond acceptors (Lipinski definition) is 1. The second-order valence-electron chi connectivity index (χ2n) is 3.12. The van der Waals surface area contributed by atoms with Crippen LogP contribution in [0.5, 0.6) is 0 Å². The van der Waals surface area contributed by atoms with Crippen LogP contribution in [0.2, 0.25) is 0 Å². The third-order valence-corrected chi connectivity index (χ3v) is 2.28. The highest BCUT2D eigenvalue weighted by atomic mass is 35.5. The quantitative estimate of drug-likeness (QED) is 0.621. The van der Waals surface area contributed by atoms with E-state index in [0.29, 0.717) is 5.03 Å². The molecule has 1 saturated heterocycles. The molecule has 0 bridgehead atoms. The van der Waals surface area contributed by atoms with Gasteiger partial charge in [-0.1, -0.05) is 18.2 Å². The summed E-state index contributed by atoms with van der Waals surface area (Å²) in [5.74, 6) is 0. The van der Waals surface area contributed by atoms with Crippen LogP contribution in [0.3, 0.4) is 0 Å². The van der Waals surface area contributed by atoms with Crippen molar-refractivity contribution in [3.8, 4) is 0 Å². The van der Waals surface area contributed by atoms with Gasteiger partial charge in [-0.25, -0.2) is 0 Å². The van der Waals surface area contributed by atoms with Crippen molar-refractivity contribution >= 4 is 11.6 Å². The van der Waals surface area contributed by atoms with Crippen LogP contribution in [0.1, 0.15) is 19.3 Å². The molecule has 64 valence electrons. The summed E-state index contributed by atoms with van der Waals surface area (Å²) in [5.41, 5.74) is 0. The van der Waals surface area contributed by atoms with Gasteiger partial charge in [0.25, 0.3) is 0 Å². The maximum absolute atomic E-state index is 9.49. The van der Waals surface area contributed by atoms with Crippen molar-refractivity contribution in [2.45, 2.75) is 31.4 Å². The molecule has 1 heterocycles. The molecule has 1 aliphatic rings. The molecule has 11 heavy (non-hydrogen) atoms. The molecule has 0 aromatic carbocycles. The average Bonchev–Trinajstić information content (AvgIpc) is 1.93. The van der Waals surface area contributed by atoms with Crippen LogP contribution >= 0.6 is 11.6 Å². The van der Waals surface area contributed by atoms with E-state index in [2.05, 4.69) is 11.9 Å². The fraction of sp³-hybridized carbons (Fsp3) is 0.750. The number of rotatable bonds is 2. The molecule has 0 aromatic heterocycles. The van der Waals surface area contributed by atoms with Gasteiger partial charge in [0, 0.05) is 11.5 Å². The summed E-state index contributed by atoms with van der Waals surface area (Å²) in [7, 11) is 0. The molecule has 0 aromatic rings. The fourth-order valence-electron chi connectivity index (χ4n) is 1.51. The molecule has 0 aliphatic carbocycles. The molecule has 3 N–H and O–H groups in total. The first-order chi connectivity index (χ1) is 5.20. The van der Waals surface area contributed by atoms with E-state index < -0.39 is 0 Å². The second-order valence-corrected chi connectivity index (χ2v) is 3.65. The summed E-state index contributed by atoms with van der Waals surface area (Å²) in [6.45, 7) is 4.72. The third-order valence-electron chi connectivity index (χ3n) is 2.12. The Labute approximate surface area is 72.2 Å². The lowest BCUT2D eigenvalue weighted by molar-refractivity contribution is -0.704. The van der Waals surface area contributed by atoms with E-state index in [0.717, 1.165) is 25.8 Å². The predicted molar refractivity (Wildman–Crippen MR) is 45.4 cm³/mol. The van der Waals surface area contributed by atoms with Gasteiger partial charge in [-0.15, -0.1) is 0 Å². The molecular weight excluding hydrogens is 162 g/mol. The molecule has 3 heteroatoms. The minimum absolute atomic E-state index is 0.195. The zero-order valence-electron chi connectivity index (χ0n) is 6.59. The van der Waals surface area contributed by atoms with Crippen molar-refractivity contribution in [2.75, 3.05) is 6.54 Å². The summed E-state index contributed by atoms with van der Waals surface area (Å²) in [5, 5.41) is 12.3. The first-order valence-corrected chi connectivity index (χ1v) is 4.42. The summed E-state index contributed by atoms with van der Waals surface area (Å²) in [4.78, 5) is 0. The summed E-state index contributed by atoms with van der Waals surface area (Å²) < 4.78 is 0. The van der Waals surface area contributed by atoms with Gasteiger partial charge in [0.05, 0.1) is 6.54 Å². The minimum Gasteiger partial charge on any atom is -0.387 e. The molecule has 1 fully saturated rings. The van der Waals surface area contributed by atoms with E-state index in [1.54, 1.807) is 0 Å². The lowest BCUT2D eigenvalue weighted by Gasteiger charge is -2.25. The largest absolute Gasteiger partial charge is 0.387 e. The van der Waals surface area contributed by atoms with Crippen LogP contribution in [0.25, 0.3) is 0 Å². The number of aliphatic hydroxyl groups is 1. The summed E-state index contributed by atoms with van der Waals surface area (Å²) in [6, 6.07) is 0.244. The monoisotopic (exact) mass is 176 g/mol. The van der Waals surface area contributed by atoms with Crippen molar-refractivity contribution in [1.29, 1.82) is 0 Å². The van der Waals surface area contributed by atoms with Gasteiger partial charge >= 0.3 is 0 Å². The van der Waals surface area contributed by atoms with E-state index in [4.69, 9.17) is 11.6 Å². The van der Waals surface area contributed by atoms with Crippen molar-refractivity contribution in [2.24, 2.45) is 0 Å². The van der Waals surface area contributed by atoms with Gasteiger partial charge in [0.15, 0.2) is 0 Å². The highest BCUT2D eigenvalue weighted by Gasteiger charge is 2.25. The SMILES string of the molecule is C=C(Cl)C[C@@H]1[NH2+]CCC[C@@H]1O. The summed E-state index contributed by atoms with van der Waals surface area (Å²) in [6.07, 6.45) is 2.54. The molecule has 1 rings (SSSR count). The Morgan fingerprint density at radius 2 is 2.45 bits per heavy atom. The number of nitrogens with two attached hydrogens (primary N) is 1. The Hall–Kier alpha value is -0.0500. The van der Waals surface area contributed by atoms with Crippen LogP contribution in [-0.4, -0.2) is 23.8 Å². The zero-order valence-corrected chi connectivity index (χ0v) is 7.35. The predicted octanol–water partition coefficient (Wildman–Crippen LogP) is 0.216. The van der Waals surface area contributed by atoms with Crippen molar-refractivity contribution in [3.63, 3.8) is 0 Å². The molecule has 0 spiro atoms. The van der Waals surface area contributed by atoms with Gasteiger partial charge in [-0.3, -0.25) is 0 Å². The maximum atomic E-state index is 9.49. The molecule has 2 nitrogen and oxygen atoms in total. The van der Waals surface area contributed by atoms with E-state index in [1.165, 1.54) is 0 Å². The van der Waals surface area contributed by atoms with E-state index in [-0.39, 0.29) is 12.1 Å². The number of halogens is 1. The molecule has 0 radical (unpaired) electrons. The Morgan fingerprint density at radius 1 is 1.73 bits per heavy atom. The molecule has 2 atom stereocenters. The lowest BCUT2D eigenvalue weighted by atomic mass is 9.99. The molecule has 1 aliphatic heterocycles. The topological polar surface area (TPSA) is 36.8 Å². The van der Waals surface area contributed by atoms with Crippen LogP contribution < -0.4 is 5.32 Å². The zero-order chi connectivity index (χ0) is 8.27. The summed E-state index contributed by atoms with van der Waals surface area (Å²) >= 11 is 5.65. The smallest absolute Gasteiger partial charge is 0.117 e. The van der Waals surface area contributed by atoms with Gasteiger partial charge < -0.3 is 10.4 Å². The van der Waals surface area contributed by atoms with Crippen LogP contribution in [0, 0.1) is 0 Å². The maximum Gasteiger partial charge on any atom is 0.117 e. The van der Waals surface area contributed by atoms with Gasteiger partial charge in [0.2, 0.25) is 0 Å². The fourth-order valence-corrected chi connectivity index (χ4v) is 1.68. The number of quaternary nitrogens is 1. The lowest BCUT2D eigenvalue weighted by Crippen LogP contribution is -2.94. The van der Waals surface area contributed by atoms with E-state index >= 15 is 0 Å². The standard InChI is InChI=1S/C8H14ClNO/c1-6(9)5-7-8(11)3-2-4-10-7/h7-8,10-11H,1-5H2/p+1/t7-,8-/m0/s1. The molecular formula is C8H15ClNO+. The molecule has 0 unspecified atom stereocenters. The van der Waals surface area contributed by atoms with Gasteiger partial charge in [-0.2, -0.15) is 0 Å². The highest BCUT2D eigenvalue weighted by molar-refractivity contribution is 6.29.